The van der Waals surface area contributed by atoms with E-state index in [1.165, 1.54) is 22.0 Å². The number of carbonyl (C=O) groups is 1. The number of halogens is 1. The minimum atomic E-state index is -0.146. The van der Waals surface area contributed by atoms with Gasteiger partial charge < -0.3 is 11.2 Å². The lowest BCUT2D eigenvalue weighted by molar-refractivity contribution is -0.113. The molecule has 170 valence electrons. The van der Waals surface area contributed by atoms with E-state index in [2.05, 4.69) is 39.6 Å². The number of thioether (sulfide) groups is 1. The molecule has 33 heavy (non-hydrogen) atoms. The van der Waals surface area contributed by atoms with E-state index in [-0.39, 0.29) is 11.7 Å². The molecule has 0 aliphatic carbocycles. The number of nitrogens with one attached hydrogen (secondary N) is 2. The van der Waals surface area contributed by atoms with Gasteiger partial charge in [0.15, 0.2) is 0 Å². The second-order valence-electron chi connectivity index (χ2n) is 7.62. The predicted octanol–water partition coefficient (Wildman–Crippen LogP) is 4.95. The summed E-state index contributed by atoms with van der Waals surface area (Å²) in [6.45, 7) is 4.34. The minimum absolute atomic E-state index is 0.146. The quantitative estimate of drug-likeness (QED) is 0.242. The van der Waals surface area contributed by atoms with Crippen LogP contribution in [0.4, 0.5) is 5.69 Å². The Labute approximate surface area is 200 Å². The Morgan fingerprint density at radius 2 is 1.91 bits per heavy atom. The average Bonchev–Trinajstić information content (AvgIpc) is 3.45. The van der Waals surface area contributed by atoms with Gasteiger partial charge in [-0.2, -0.15) is 5.10 Å². The molecular formula is C23H24ClN7OS. The average molecular weight is 482 g/mol. The van der Waals surface area contributed by atoms with E-state index in [4.69, 9.17) is 17.4 Å². The van der Waals surface area contributed by atoms with Crippen molar-refractivity contribution < 1.29 is 4.79 Å². The number of nitrogen functional groups attached to an aromatic ring is 1. The van der Waals surface area contributed by atoms with Gasteiger partial charge in [0, 0.05) is 16.3 Å². The third kappa shape index (κ3) is 5.37. The Bertz CT molecular complexity index is 1230. The summed E-state index contributed by atoms with van der Waals surface area (Å²) in [5, 5.41) is 19.5. The van der Waals surface area contributed by atoms with Crippen LogP contribution in [0, 0.1) is 0 Å². The molecule has 0 bridgehead atoms. The SMILES string of the molecule is CC[C@@H](C)c1ccc(NC(=O)CSc2nnc(-c3cc(-c4ccc(Cl)cc4)n[nH]3)n2N)cc1. The number of nitrogens with zero attached hydrogens (tertiary/aromatic N) is 4. The molecule has 0 unspecified atom stereocenters. The van der Waals surface area contributed by atoms with Crippen molar-refractivity contribution in [3.8, 4) is 22.8 Å². The van der Waals surface area contributed by atoms with E-state index in [9.17, 15) is 4.79 Å². The lowest BCUT2D eigenvalue weighted by Gasteiger charge is -2.10. The topological polar surface area (TPSA) is 115 Å². The smallest absolute Gasteiger partial charge is 0.234 e. The van der Waals surface area contributed by atoms with Crippen LogP contribution in [-0.2, 0) is 4.79 Å². The highest BCUT2D eigenvalue weighted by atomic mass is 35.5. The molecule has 4 aromatic rings. The van der Waals surface area contributed by atoms with Gasteiger partial charge in [0.05, 0.1) is 11.4 Å². The van der Waals surface area contributed by atoms with Gasteiger partial charge in [0.1, 0.15) is 5.69 Å². The molecule has 4 N–H and O–H groups in total. The van der Waals surface area contributed by atoms with E-state index < -0.39 is 0 Å². The first kappa shape index (κ1) is 22.9. The van der Waals surface area contributed by atoms with Crippen molar-refractivity contribution in [3.05, 3.63) is 65.2 Å². The minimum Gasteiger partial charge on any atom is -0.335 e. The summed E-state index contributed by atoms with van der Waals surface area (Å²) in [4.78, 5) is 12.4. The van der Waals surface area contributed by atoms with Crippen LogP contribution >= 0.6 is 23.4 Å². The Kier molecular flexibility index (Phi) is 7.00. The number of benzene rings is 2. The van der Waals surface area contributed by atoms with Crippen LogP contribution < -0.4 is 11.2 Å². The maximum atomic E-state index is 12.4. The molecule has 0 fully saturated rings. The van der Waals surface area contributed by atoms with Gasteiger partial charge in [-0.05, 0) is 48.2 Å². The third-order valence-electron chi connectivity index (χ3n) is 5.33. The van der Waals surface area contributed by atoms with Gasteiger partial charge in [0.2, 0.25) is 16.9 Å². The highest BCUT2D eigenvalue weighted by Crippen LogP contribution is 2.26. The van der Waals surface area contributed by atoms with Gasteiger partial charge in [-0.3, -0.25) is 9.89 Å². The van der Waals surface area contributed by atoms with Gasteiger partial charge in [0.25, 0.3) is 0 Å². The number of amides is 1. The lowest BCUT2D eigenvalue weighted by atomic mass is 9.99. The zero-order valence-corrected chi connectivity index (χ0v) is 19.8. The first-order valence-electron chi connectivity index (χ1n) is 10.5. The number of anilines is 1. The van der Waals surface area contributed by atoms with Crippen LogP contribution in [0.25, 0.3) is 22.8 Å². The maximum Gasteiger partial charge on any atom is 0.234 e. The van der Waals surface area contributed by atoms with E-state index in [1.807, 2.05) is 42.5 Å². The molecular weight excluding hydrogens is 458 g/mol. The monoisotopic (exact) mass is 481 g/mol. The van der Waals surface area contributed by atoms with Crippen molar-refractivity contribution in [1.82, 2.24) is 25.1 Å². The van der Waals surface area contributed by atoms with E-state index in [0.717, 1.165) is 23.4 Å². The maximum absolute atomic E-state index is 12.4. The van der Waals surface area contributed by atoms with Crippen molar-refractivity contribution >= 4 is 35.0 Å². The van der Waals surface area contributed by atoms with Crippen molar-refractivity contribution in [1.29, 1.82) is 0 Å². The summed E-state index contributed by atoms with van der Waals surface area (Å²) >= 11 is 7.16. The van der Waals surface area contributed by atoms with E-state index in [1.54, 1.807) is 12.1 Å². The Hall–Kier alpha value is -3.30. The summed E-state index contributed by atoms with van der Waals surface area (Å²) in [6.07, 6.45) is 1.07. The second-order valence-corrected chi connectivity index (χ2v) is 9.00. The molecule has 0 saturated heterocycles. The number of rotatable bonds is 8. The molecule has 0 aliphatic heterocycles. The predicted molar refractivity (Wildman–Crippen MR) is 133 cm³/mol. The number of aromatic amines is 1. The van der Waals surface area contributed by atoms with Crippen LogP contribution in [0.15, 0.2) is 59.8 Å². The van der Waals surface area contributed by atoms with Crippen molar-refractivity contribution in [2.24, 2.45) is 0 Å². The fourth-order valence-electron chi connectivity index (χ4n) is 3.22. The van der Waals surface area contributed by atoms with Crippen LogP contribution in [-0.4, -0.2) is 36.7 Å². The van der Waals surface area contributed by atoms with Gasteiger partial charge in [-0.1, -0.05) is 61.5 Å². The summed E-state index contributed by atoms with van der Waals surface area (Å²) in [6, 6.07) is 17.1. The highest BCUT2D eigenvalue weighted by molar-refractivity contribution is 7.99. The third-order valence-corrected chi connectivity index (χ3v) is 6.53. The standard InChI is InChI=1S/C23H24ClN7OS/c1-3-14(2)15-6-10-18(11-7-15)26-21(32)13-33-23-30-29-22(31(23)25)20-12-19(27-28-20)16-4-8-17(24)9-5-16/h4-12,14H,3,13,25H2,1-2H3,(H,26,32)(H,27,28)/t14-/m1/s1. The molecule has 0 spiro atoms. The Morgan fingerprint density at radius 3 is 2.61 bits per heavy atom. The number of carbonyl (C=O) groups excluding carboxylic acids is 1. The fourth-order valence-corrected chi connectivity index (χ4v) is 4.00. The van der Waals surface area contributed by atoms with E-state index in [0.29, 0.717) is 27.6 Å². The summed E-state index contributed by atoms with van der Waals surface area (Å²) in [5.74, 6) is 7.10. The second kappa shape index (κ2) is 10.1. The molecule has 2 heterocycles. The number of hydrogen-bond donors (Lipinski definition) is 3. The van der Waals surface area contributed by atoms with Crippen molar-refractivity contribution in [3.63, 3.8) is 0 Å². The molecule has 1 amide bonds. The van der Waals surface area contributed by atoms with Crippen LogP contribution in [0.1, 0.15) is 31.7 Å². The summed E-state index contributed by atoms with van der Waals surface area (Å²) in [7, 11) is 0. The molecule has 8 nitrogen and oxygen atoms in total. The lowest BCUT2D eigenvalue weighted by Crippen LogP contribution is -2.16. The van der Waals surface area contributed by atoms with Crippen molar-refractivity contribution in [2.75, 3.05) is 16.9 Å². The largest absolute Gasteiger partial charge is 0.335 e. The molecule has 1 atom stereocenters. The molecule has 4 rings (SSSR count). The zero-order valence-electron chi connectivity index (χ0n) is 18.2. The highest BCUT2D eigenvalue weighted by Gasteiger charge is 2.16. The van der Waals surface area contributed by atoms with Gasteiger partial charge in [-0.25, -0.2) is 4.68 Å². The van der Waals surface area contributed by atoms with Gasteiger partial charge in [-0.15, -0.1) is 10.2 Å². The first-order valence-corrected chi connectivity index (χ1v) is 11.9. The number of aromatic nitrogens is 5. The zero-order chi connectivity index (χ0) is 23.4. The molecule has 2 aromatic carbocycles. The van der Waals surface area contributed by atoms with Gasteiger partial charge >= 0.3 is 0 Å². The summed E-state index contributed by atoms with van der Waals surface area (Å²) in [5.41, 5.74) is 4.28. The summed E-state index contributed by atoms with van der Waals surface area (Å²) < 4.78 is 1.35. The normalized spacial score (nSPS) is 12.0. The Morgan fingerprint density at radius 1 is 1.18 bits per heavy atom. The Balaban J connectivity index is 1.37. The van der Waals surface area contributed by atoms with E-state index >= 15 is 0 Å². The fraction of sp³-hybridized carbons (Fsp3) is 0.217. The first-order chi connectivity index (χ1) is 15.9. The molecule has 2 aromatic heterocycles. The van der Waals surface area contributed by atoms with Crippen molar-refractivity contribution in [2.45, 2.75) is 31.3 Å². The molecule has 0 saturated carbocycles. The molecule has 10 heteroatoms. The number of nitrogens with two attached hydrogens (primary N) is 1. The molecule has 0 aliphatic rings. The number of H-pyrrole nitrogens is 1. The molecule has 0 radical (unpaired) electrons. The van der Waals surface area contributed by atoms with Crippen LogP contribution in [0.2, 0.25) is 5.02 Å². The number of hydrogen-bond acceptors (Lipinski definition) is 6. The van der Waals surface area contributed by atoms with Crippen LogP contribution in [0.3, 0.4) is 0 Å². The van der Waals surface area contributed by atoms with Crippen LogP contribution in [0.5, 0.6) is 0 Å².